The molecule has 0 spiro atoms. The van der Waals surface area contributed by atoms with E-state index in [0.717, 1.165) is 24.7 Å². The average Bonchev–Trinajstić information content (AvgIpc) is 2.30. The monoisotopic (exact) mass is 236 g/mol. The molecule has 1 aromatic rings. The first-order valence-electron chi connectivity index (χ1n) is 5.69. The number of benzene rings is 1. The molecule has 0 fully saturated rings. The van der Waals surface area contributed by atoms with E-state index in [1.54, 1.807) is 11.8 Å². The van der Waals surface area contributed by atoms with Gasteiger partial charge >= 0.3 is 0 Å². The fourth-order valence-corrected chi connectivity index (χ4v) is 2.30. The second kappa shape index (κ2) is 6.59. The molecular formula is C13H20N2S. The molecule has 0 bridgehead atoms. The van der Waals surface area contributed by atoms with Gasteiger partial charge in [-0.1, -0.05) is 17.7 Å². The van der Waals surface area contributed by atoms with Gasteiger partial charge in [0.1, 0.15) is 5.84 Å². The molecule has 0 aromatic heterocycles. The molecule has 0 saturated heterocycles. The van der Waals surface area contributed by atoms with Gasteiger partial charge in [-0.2, -0.15) is 0 Å². The molecular weight excluding hydrogens is 216 g/mol. The molecule has 88 valence electrons. The Balaban J connectivity index is 2.45. The molecule has 0 atom stereocenters. The topological polar surface area (TPSA) is 27.1 Å². The molecule has 0 amide bonds. The molecule has 0 radical (unpaired) electrons. The molecule has 1 aromatic carbocycles. The van der Waals surface area contributed by atoms with Crippen molar-refractivity contribution in [2.75, 3.05) is 18.8 Å². The summed E-state index contributed by atoms with van der Waals surface area (Å²) in [5.74, 6) is 1.47. The highest BCUT2D eigenvalue weighted by Crippen LogP contribution is 2.18. The highest BCUT2D eigenvalue weighted by Gasteiger charge is 2.05. The fourth-order valence-electron chi connectivity index (χ4n) is 1.48. The quantitative estimate of drug-likeness (QED) is 0.482. The molecule has 3 heteroatoms. The molecule has 0 aliphatic heterocycles. The Kier molecular flexibility index (Phi) is 5.39. The number of thioether (sulfide) groups is 1. The number of hydrogen-bond acceptors (Lipinski definition) is 2. The molecule has 0 unspecified atom stereocenters. The molecule has 0 aliphatic rings. The van der Waals surface area contributed by atoms with Crippen molar-refractivity contribution < 1.29 is 0 Å². The normalized spacial score (nSPS) is 10.2. The summed E-state index contributed by atoms with van der Waals surface area (Å²) >= 11 is 1.73. The molecule has 0 heterocycles. The van der Waals surface area contributed by atoms with Crippen LogP contribution in [0.5, 0.6) is 0 Å². The number of amidine groups is 1. The lowest BCUT2D eigenvalue weighted by molar-refractivity contribution is 0.461. The van der Waals surface area contributed by atoms with Crippen molar-refractivity contribution in [1.82, 2.24) is 4.90 Å². The van der Waals surface area contributed by atoms with Crippen LogP contribution in [0, 0.1) is 12.3 Å². The highest BCUT2D eigenvalue weighted by atomic mass is 32.2. The number of nitrogens with zero attached hydrogens (tertiary/aromatic N) is 1. The Morgan fingerprint density at radius 3 is 2.25 bits per heavy atom. The van der Waals surface area contributed by atoms with Crippen LogP contribution in [0.25, 0.3) is 0 Å². The summed E-state index contributed by atoms with van der Waals surface area (Å²) in [4.78, 5) is 3.32. The third-order valence-corrected chi connectivity index (χ3v) is 3.56. The van der Waals surface area contributed by atoms with Gasteiger partial charge in [0.15, 0.2) is 0 Å². The number of aryl methyl sites for hydroxylation is 1. The summed E-state index contributed by atoms with van der Waals surface area (Å²) in [5.41, 5.74) is 1.28. The van der Waals surface area contributed by atoms with Gasteiger partial charge in [0, 0.05) is 18.0 Å². The van der Waals surface area contributed by atoms with Gasteiger partial charge in [0.05, 0.1) is 5.75 Å². The van der Waals surface area contributed by atoms with E-state index in [0.29, 0.717) is 0 Å². The Morgan fingerprint density at radius 2 is 1.75 bits per heavy atom. The molecule has 2 nitrogen and oxygen atoms in total. The van der Waals surface area contributed by atoms with Crippen molar-refractivity contribution >= 4 is 17.6 Å². The van der Waals surface area contributed by atoms with Gasteiger partial charge in [-0.3, -0.25) is 5.41 Å². The highest BCUT2D eigenvalue weighted by molar-refractivity contribution is 8.00. The van der Waals surface area contributed by atoms with E-state index in [4.69, 9.17) is 5.41 Å². The maximum absolute atomic E-state index is 7.94. The largest absolute Gasteiger partial charge is 0.360 e. The van der Waals surface area contributed by atoms with Gasteiger partial charge in [0.2, 0.25) is 0 Å². The van der Waals surface area contributed by atoms with Gasteiger partial charge in [-0.05, 0) is 32.9 Å². The lowest BCUT2D eigenvalue weighted by Crippen LogP contribution is -2.31. The SMILES string of the molecule is CCN(CC)C(=N)CSc1ccc(C)cc1. The van der Waals surface area contributed by atoms with E-state index in [1.807, 2.05) is 0 Å². The van der Waals surface area contributed by atoms with Crippen molar-refractivity contribution in [1.29, 1.82) is 5.41 Å². The fraction of sp³-hybridized carbons (Fsp3) is 0.462. The summed E-state index contributed by atoms with van der Waals surface area (Å²) in [6.45, 7) is 8.11. The second-order valence-corrected chi connectivity index (χ2v) is 4.77. The number of nitrogens with one attached hydrogen (secondary N) is 1. The van der Waals surface area contributed by atoms with Crippen LogP contribution in [-0.2, 0) is 0 Å². The van der Waals surface area contributed by atoms with Crippen LogP contribution in [0.2, 0.25) is 0 Å². The van der Waals surface area contributed by atoms with Crippen LogP contribution in [0.1, 0.15) is 19.4 Å². The first-order chi connectivity index (χ1) is 7.67. The maximum Gasteiger partial charge on any atom is 0.106 e. The third-order valence-electron chi connectivity index (χ3n) is 2.54. The van der Waals surface area contributed by atoms with Gasteiger partial charge in [-0.15, -0.1) is 11.8 Å². The number of hydrogen-bond donors (Lipinski definition) is 1. The van der Waals surface area contributed by atoms with Crippen LogP contribution in [0.3, 0.4) is 0 Å². The smallest absolute Gasteiger partial charge is 0.106 e. The van der Waals surface area contributed by atoms with Crippen molar-refractivity contribution in [2.24, 2.45) is 0 Å². The van der Waals surface area contributed by atoms with Crippen LogP contribution in [0.15, 0.2) is 29.2 Å². The lowest BCUT2D eigenvalue weighted by Gasteiger charge is -2.21. The van der Waals surface area contributed by atoms with E-state index < -0.39 is 0 Å². The van der Waals surface area contributed by atoms with E-state index in [-0.39, 0.29) is 0 Å². The van der Waals surface area contributed by atoms with Crippen LogP contribution in [-0.4, -0.2) is 29.6 Å². The first-order valence-corrected chi connectivity index (χ1v) is 6.67. The summed E-state index contributed by atoms with van der Waals surface area (Å²) in [6.07, 6.45) is 0. The standard InChI is InChI=1S/C13H20N2S/c1-4-15(5-2)13(14)10-16-12-8-6-11(3)7-9-12/h6-9,14H,4-5,10H2,1-3H3. The molecule has 0 saturated carbocycles. The predicted octanol–water partition coefficient (Wildman–Crippen LogP) is 3.41. The van der Waals surface area contributed by atoms with Crippen molar-refractivity contribution in [2.45, 2.75) is 25.7 Å². The lowest BCUT2D eigenvalue weighted by atomic mass is 10.2. The minimum Gasteiger partial charge on any atom is -0.360 e. The van der Waals surface area contributed by atoms with Crippen molar-refractivity contribution in [3.05, 3.63) is 29.8 Å². The van der Waals surface area contributed by atoms with Gasteiger partial charge in [0.25, 0.3) is 0 Å². The summed E-state index contributed by atoms with van der Waals surface area (Å²) in [5, 5.41) is 7.94. The summed E-state index contributed by atoms with van der Waals surface area (Å²) in [6, 6.07) is 8.47. The zero-order valence-corrected chi connectivity index (χ0v) is 11.1. The molecule has 1 rings (SSSR count). The Bertz CT molecular complexity index is 328. The number of rotatable bonds is 5. The Morgan fingerprint density at radius 1 is 1.19 bits per heavy atom. The first kappa shape index (κ1) is 13.1. The van der Waals surface area contributed by atoms with Crippen LogP contribution >= 0.6 is 11.8 Å². The van der Waals surface area contributed by atoms with E-state index in [1.165, 1.54) is 10.5 Å². The van der Waals surface area contributed by atoms with Crippen molar-refractivity contribution in [3.63, 3.8) is 0 Å². The molecule has 16 heavy (non-hydrogen) atoms. The average molecular weight is 236 g/mol. The van der Waals surface area contributed by atoms with Gasteiger partial charge < -0.3 is 4.90 Å². The van der Waals surface area contributed by atoms with E-state index in [9.17, 15) is 0 Å². The second-order valence-electron chi connectivity index (χ2n) is 3.72. The van der Waals surface area contributed by atoms with Crippen LogP contribution < -0.4 is 0 Å². The maximum atomic E-state index is 7.94. The Hall–Kier alpha value is -0.960. The predicted molar refractivity (Wildman–Crippen MR) is 72.6 cm³/mol. The molecule has 1 N–H and O–H groups in total. The van der Waals surface area contributed by atoms with E-state index in [2.05, 4.69) is 49.9 Å². The van der Waals surface area contributed by atoms with Crippen molar-refractivity contribution in [3.8, 4) is 0 Å². The zero-order valence-electron chi connectivity index (χ0n) is 10.3. The minimum absolute atomic E-state index is 0.718. The molecule has 0 aliphatic carbocycles. The Labute approximate surface area is 103 Å². The summed E-state index contributed by atoms with van der Waals surface area (Å²) in [7, 11) is 0. The van der Waals surface area contributed by atoms with Crippen LogP contribution in [0.4, 0.5) is 0 Å². The van der Waals surface area contributed by atoms with Gasteiger partial charge in [-0.25, -0.2) is 0 Å². The van der Waals surface area contributed by atoms with E-state index >= 15 is 0 Å². The minimum atomic E-state index is 0.718. The third kappa shape index (κ3) is 3.89. The zero-order chi connectivity index (χ0) is 12.0. The summed E-state index contributed by atoms with van der Waals surface area (Å²) < 4.78 is 0.